The van der Waals surface area contributed by atoms with Gasteiger partial charge in [-0.3, -0.25) is 14.7 Å². The first-order valence-electron chi connectivity index (χ1n) is 11.0. The molecular weight excluding hydrogens is 402 g/mol. The number of nitrogens with zero attached hydrogens (tertiary/aromatic N) is 4. The van der Waals surface area contributed by atoms with Gasteiger partial charge in [0.05, 0.1) is 24.1 Å². The van der Waals surface area contributed by atoms with E-state index in [1.54, 1.807) is 13.3 Å². The van der Waals surface area contributed by atoms with Crippen molar-refractivity contribution in [2.24, 2.45) is 0 Å². The van der Waals surface area contributed by atoms with Crippen molar-refractivity contribution in [2.75, 3.05) is 20.2 Å². The predicted molar refractivity (Wildman–Crippen MR) is 122 cm³/mol. The highest BCUT2D eigenvalue weighted by Gasteiger charge is 2.24. The lowest BCUT2D eigenvalue weighted by Crippen LogP contribution is -2.35. The standard InChI is InChI=1S/C25H29N5O2/c1-18-23(25(31)28-14-19-7-5-10-22(13-19)32-2)15-27-24(29-18)20-8-6-12-30(16-20)17-21-9-3-4-11-26-21/h3-5,7,9-11,13,15,20H,6,8,12,14,16-17H2,1-2H3,(H,28,31)/t20-/m0/s1. The summed E-state index contributed by atoms with van der Waals surface area (Å²) in [5.41, 5.74) is 3.27. The van der Waals surface area contributed by atoms with Crippen molar-refractivity contribution < 1.29 is 9.53 Å². The molecular formula is C25H29N5O2. The van der Waals surface area contributed by atoms with Gasteiger partial charge in [-0.1, -0.05) is 18.2 Å². The molecule has 1 aliphatic rings. The third kappa shape index (κ3) is 5.48. The van der Waals surface area contributed by atoms with Crippen LogP contribution in [-0.4, -0.2) is 46.0 Å². The van der Waals surface area contributed by atoms with Crippen LogP contribution in [0.4, 0.5) is 0 Å². The summed E-state index contributed by atoms with van der Waals surface area (Å²) in [5, 5.41) is 2.95. The van der Waals surface area contributed by atoms with Crippen LogP contribution in [0.5, 0.6) is 5.75 Å². The first kappa shape index (κ1) is 21.9. The number of carbonyl (C=O) groups is 1. The van der Waals surface area contributed by atoms with Crippen molar-refractivity contribution in [3.8, 4) is 5.75 Å². The summed E-state index contributed by atoms with van der Waals surface area (Å²) in [6, 6.07) is 13.7. The summed E-state index contributed by atoms with van der Waals surface area (Å²) in [5.74, 6) is 1.68. The number of piperidine rings is 1. The number of amides is 1. The molecule has 3 heterocycles. The van der Waals surface area contributed by atoms with E-state index in [2.05, 4.69) is 26.3 Å². The fraction of sp³-hybridized carbons (Fsp3) is 0.360. The highest BCUT2D eigenvalue weighted by Crippen LogP contribution is 2.26. The Balaban J connectivity index is 1.38. The molecule has 1 atom stereocenters. The number of likely N-dealkylation sites (tertiary alicyclic amines) is 1. The summed E-state index contributed by atoms with van der Waals surface area (Å²) >= 11 is 0. The SMILES string of the molecule is COc1cccc(CNC(=O)c2cnc([C@H]3CCCN(Cc4ccccn4)C3)nc2C)c1. The minimum Gasteiger partial charge on any atom is -0.497 e. The molecule has 1 N–H and O–H groups in total. The van der Waals surface area contributed by atoms with Crippen molar-refractivity contribution in [3.05, 3.63) is 83.2 Å². The maximum atomic E-state index is 12.7. The molecule has 1 fully saturated rings. The Morgan fingerprint density at radius 1 is 1.22 bits per heavy atom. The summed E-state index contributed by atoms with van der Waals surface area (Å²) in [6.45, 7) is 5.08. The number of benzene rings is 1. The third-order valence-electron chi connectivity index (χ3n) is 5.81. The lowest BCUT2D eigenvalue weighted by atomic mass is 9.96. The quantitative estimate of drug-likeness (QED) is 0.617. The number of pyridine rings is 1. The molecule has 7 heteroatoms. The zero-order valence-electron chi connectivity index (χ0n) is 18.6. The van der Waals surface area contributed by atoms with Gasteiger partial charge in [0.1, 0.15) is 11.6 Å². The monoisotopic (exact) mass is 431 g/mol. The van der Waals surface area contributed by atoms with Crippen molar-refractivity contribution in [2.45, 2.75) is 38.8 Å². The normalized spacial score (nSPS) is 16.5. The zero-order chi connectivity index (χ0) is 22.3. The van der Waals surface area contributed by atoms with Gasteiger partial charge in [-0.05, 0) is 56.1 Å². The fourth-order valence-electron chi connectivity index (χ4n) is 4.10. The van der Waals surface area contributed by atoms with Crippen molar-refractivity contribution in [3.63, 3.8) is 0 Å². The van der Waals surface area contributed by atoms with Crippen LogP contribution in [0.2, 0.25) is 0 Å². The summed E-state index contributed by atoms with van der Waals surface area (Å²) in [6.07, 6.45) is 5.65. The molecule has 1 aliphatic heterocycles. The summed E-state index contributed by atoms with van der Waals surface area (Å²) in [7, 11) is 1.63. The Morgan fingerprint density at radius 3 is 2.91 bits per heavy atom. The molecule has 0 saturated carbocycles. The van der Waals surface area contributed by atoms with Crippen LogP contribution in [0.1, 0.15) is 51.9 Å². The van der Waals surface area contributed by atoms with Crippen LogP contribution < -0.4 is 10.1 Å². The van der Waals surface area contributed by atoms with Gasteiger partial charge in [0, 0.05) is 37.9 Å². The molecule has 2 aromatic heterocycles. The zero-order valence-corrected chi connectivity index (χ0v) is 18.6. The van der Waals surface area contributed by atoms with E-state index in [1.807, 2.05) is 49.5 Å². The van der Waals surface area contributed by atoms with Crippen LogP contribution in [0.3, 0.4) is 0 Å². The number of hydrogen-bond donors (Lipinski definition) is 1. The van der Waals surface area contributed by atoms with E-state index in [0.29, 0.717) is 17.8 Å². The number of hydrogen-bond acceptors (Lipinski definition) is 6. The van der Waals surface area contributed by atoms with Gasteiger partial charge in [-0.15, -0.1) is 0 Å². The maximum Gasteiger partial charge on any atom is 0.254 e. The molecule has 1 aromatic carbocycles. The molecule has 1 saturated heterocycles. The molecule has 7 nitrogen and oxygen atoms in total. The topological polar surface area (TPSA) is 80.2 Å². The minimum atomic E-state index is -0.169. The second-order valence-corrected chi connectivity index (χ2v) is 8.16. The lowest BCUT2D eigenvalue weighted by molar-refractivity contribution is 0.0949. The number of aryl methyl sites for hydroxylation is 1. The molecule has 0 aliphatic carbocycles. The maximum absolute atomic E-state index is 12.7. The summed E-state index contributed by atoms with van der Waals surface area (Å²) < 4.78 is 5.24. The smallest absolute Gasteiger partial charge is 0.254 e. The van der Waals surface area contributed by atoms with Gasteiger partial charge >= 0.3 is 0 Å². The van der Waals surface area contributed by atoms with Gasteiger partial charge in [0.25, 0.3) is 5.91 Å². The van der Waals surface area contributed by atoms with Gasteiger partial charge < -0.3 is 10.1 Å². The van der Waals surface area contributed by atoms with E-state index in [4.69, 9.17) is 9.72 Å². The van der Waals surface area contributed by atoms with Crippen LogP contribution in [0.25, 0.3) is 0 Å². The van der Waals surface area contributed by atoms with Gasteiger partial charge in [-0.25, -0.2) is 9.97 Å². The Bertz CT molecular complexity index is 1060. The number of aromatic nitrogens is 3. The van der Waals surface area contributed by atoms with E-state index in [-0.39, 0.29) is 11.8 Å². The Labute approximate surface area is 188 Å². The molecule has 0 bridgehead atoms. The van der Waals surface area contributed by atoms with Crippen molar-refractivity contribution >= 4 is 5.91 Å². The van der Waals surface area contributed by atoms with Gasteiger partial charge in [0.15, 0.2) is 0 Å². The number of carbonyl (C=O) groups excluding carboxylic acids is 1. The lowest BCUT2D eigenvalue weighted by Gasteiger charge is -2.31. The Hall–Kier alpha value is -3.32. The summed E-state index contributed by atoms with van der Waals surface area (Å²) in [4.78, 5) is 28.8. The Morgan fingerprint density at radius 2 is 2.12 bits per heavy atom. The highest BCUT2D eigenvalue weighted by atomic mass is 16.5. The van der Waals surface area contributed by atoms with Gasteiger partial charge in [-0.2, -0.15) is 0 Å². The number of ether oxygens (including phenoxy) is 1. The second kappa shape index (κ2) is 10.3. The molecule has 1 amide bonds. The van der Waals surface area contributed by atoms with E-state index in [9.17, 15) is 4.79 Å². The fourth-order valence-corrected chi connectivity index (χ4v) is 4.10. The molecule has 0 radical (unpaired) electrons. The molecule has 0 unspecified atom stereocenters. The predicted octanol–water partition coefficient (Wildman–Crippen LogP) is 3.50. The second-order valence-electron chi connectivity index (χ2n) is 8.16. The van der Waals surface area contributed by atoms with E-state index >= 15 is 0 Å². The number of methoxy groups -OCH3 is 1. The van der Waals surface area contributed by atoms with E-state index in [1.165, 1.54) is 0 Å². The van der Waals surface area contributed by atoms with Crippen molar-refractivity contribution in [1.82, 2.24) is 25.2 Å². The Kier molecular flexibility index (Phi) is 7.07. The van der Waals surface area contributed by atoms with E-state index in [0.717, 1.165) is 55.3 Å². The van der Waals surface area contributed by atoms with E-state index < -0.39 is 0 Å². The minimum absolute atomic E-state index is 0.169. The van der Waals surface area contributed by atoms with Crippen LogP contribution >= 0.6 is 0 Å². The first-order chi connectivity index (χ1) is 15.6. The van der Waals surface area contributed by atoms with Gasteiger partial charge in [0.2, 0.25) is 0 Å². The van der Waals surface area contributed by atoms with Crippen LogP contribution in [0, 0.1) is 6.92 Å². The van der Waals surface area contributed by atoms with Crippen molar-refractivity contribution in [1.29, 1.82) is 0 Å². The van der Waals surface area contributed by atoms with Crippen LogP contribution in [-0.2, 0) is 13.1 Å². The number of nitrogens with one attached hydrogen (secondary N) is 1. The highest BCUT2D eigenvalue weighted by molar-refractivity contribution is 5.94. The average Bonchev–Trinajstić information content (AvgIpc) is 2.83. The average molecular weight is 432 g/mol. The molecule has 4 rings (SSSR count). The third-order valence-corrected chi connectivity index (χ3v) is 5.81. The van der Waals surface area contributed by atoms with Crippen LogP contribution in [0.15, 0.2) is 54.9 Å². The first-order valence-corrected chi connectivity index (χ1v) is 11.0. The largest absolute Gasteiger partial charge is 0.497 e. The molecule has 3 aromatic rings. The number of rotatable bonds is 7. The molecule has 0 spiro atoms. The molecule has 32 heavy (non-hydrogen) atoms. The molecule has 166 valence electrons.